The van der Waals surface area contributed by atoms with Crippen LogP contribution in [0.15, 0.2) is 0 Å². The summed E-state index contributed by atoms with van der Waals surface area (Å²) in [5.74, 6) is 0.693. The fraction of sp³-hybridized carbons (Fsp3) is 1.00. The van der Waals surface area contributed by atoms with E-state index in [2.05, 4.69) is 4.90 Å². The van der Waals surface area contributed by atoms with E-state index in [1.165, 1.54) is 6.42 Å². The number of hydrogen-bond donors (Lipinski definition) is 0. The molecule has 2 aliphatic heterocycles. The first kappa shape index (κ1) is 18.1. The molecule has 2 saturated heterocycles. The monoisotopic (exact) mass is 334 g/mol. The highest BCUT2D eigenvalue weighted by atomic mass is 32.2. The van der Waals surface area contributed by atoms with Crippen molar-refractivity contribution in [3.63, 3.8) is 0 Å². The molecule has 0 aromatic carbocycles. The van der Waals surface area contributed by atoms with Gasteiger partial charge in [0.15, 0.2) is 0 Å². The number of nitrogens with zero attached hydrogens (tertiary/aromatic N) is 2. The maximum absolute atomic E-state index is 12.3. The zero-order valence-electron chi connectivity index (χ0n) is 13.9. The molecule has 0 aromatic rings. The molecule has 0 aromatic heterocycles. The maximum atomic E-state index is 12.3. The number of sulfonamides is 1. The molecule has 1 unspecified atom stereocenters. The average molecular weight is 334 g/mol. The third-order valence-electron chi connectivity index (χ3n) is 4.29. The van der Waals surface area contributed by atoms with Gasteiger partial charge in [0.05, 0.1) is 25.1 Å². The van der Waals surface area contributed by atoms with Gasteiger partial charge in [-0.25, -0.2) is 8.42 Å². The van der Waals surface area contributed by atoms with Gasteiger partial charge in [0.25, 0.3) is 0 Å². The Morgan fingerprint density at radius 1 is 1.23 bits per heavy atom. The lowest BCUT2D eigenvalue weighted by Gasteiger charge is -2.36. The van der Waals surface area contributed by atoms with Crippen LogP contribution in [0.5, 0.6) is 0 Å². The van der Waals surface area contributed by atoms with E-state index < -0.39 is 10.0 Å². The van der Waals surface area contributed by atoms with Crippen LogP contribution in [0, 0.1) is 5.92 Å². The molecule has 0 radical (unpaired) electrons. The van der Waals surface area contributed by atoms with Crippen LogP contribution >= 0.6 is 0 Å². The van der Waals surface area contributed by atoms with E-state index in [0.717, 1.165) is 39.3 Å². The van der Waals surface area contributed by atoms with Gasteiger partial charge in [-0.1, -0.05) is 0 Å². The molecule has 130 valence electrons. The summed E-state index contributed by atoms with van der Waals surface area (Å²) < 4.78 is 37.0. The second-order valence-electron chi connectivity index (χ2n) is 6.52. The third-order valence-corrected chi connectivity index (χ3v) is 6.12. The van der Waals surface area contributed by atoms with Crippen molar-refractivity contribution < 1.29 is 17.9 Å². The summed E-state index contributed by atoms with van der Waals surface area (Å²) in [5.41, 5.74) is 0. The summed E-state index contributed by atoms with van der Waals surface area (Å²) in [6, 6.07) is 0. The van der Waals surface area contributed by atoms with Gasteiger partial charge >= 0.3 is 0 Å². The Morgan fingerprint density at radius 3 is 2.55 bits per heavy atom. The second kappa shape index (κ2) is 8.59. The number of ether oxygens (including phenoxy) is 2. The van der Waals surface area contributed by atoms with Gasteiger partial charge in [-0.3, -0.25) is 0 Å². The lowest BCUT2D eigenvalue weighted by molar-refractivity contribution is 0.0334. The van der Waals surface area contributed by atoms with Gasteiger partial charge in [0, 0.05) is 39.3 Å². The van der Waals surface area contributed by atoms with Crippen molar-refractivity contribution >= 4 is 10.0 Å². The molecule has 2 aliphatic rings. The number of hydrogen-bond acceptors (Lipinski definition) is 5. The molecule has 0 saturated carbocycles. The Balaban J connectivity index is 1.71. The van der Waals surface area contributed by atoms with Crippen molar-refractivity contribution in [2.24, 2.45) is 5.92 Å². The predicted octanol–water partition coefficient (Wildman–Crippen LogP) is 0.785. The minimum absolute atomic E-state index is 0.0739. The van der Waals surface area contributed by atoms with Gasteiger partial charge in [-0.2, -0.15) is 4.31 Å². The van der Waals surface area contributed by atoms with Crippen molar-refractivity contribution in [2.75, 3.05) is 58.3 Å². The van der Waals surface area contributed by atoms with Crippen LogP contribution in [0.2, 0.25) is 0 Å². The molecule has 0 aliphatic carbocycles. The molecule has 0 bridgehead atoms. The van der Waals surface area contributed by atoms with E-state index in [4.69, 9.17) is 9.47 Å². The number of rotatable bonds is 7. The fourth-order valence-corrected chi connectivity index (χ4v) is 4.31. The summed E-state index contributed by atoms with van der Waals surface area (Å²) >= 11 is 0. The van der Waals surface area contributed by atoms with Crippen molar-refractivity contribution in [1.82, 2.24) is 9.21 Å². The lowest BCUT2D eigenvalue weighted by Crippen LogP contribution is -2.51. The summed E-state index contributed by atoms with van der Waals surface area (Å²) in [6.45, 7) is 9.72. The van der Waals surface area contributed by atoms with Crippen molar-refractivity contribution in [3.8, 4) is 0 Å². The van der Waals surface area contributed by atoms with Crippen LogP contribution in [0.3, 0.4) is 0 Å². The molecule has 2 rings (SSSR count). The first-order valence-corrected chi connectivity index (χ1v) is 9.98. The van der Waals surface area contributed by atoms with E-state index in [9.17, 15) is 8.42 Å². The molecule has 7 heteroatoms. The van der Waals surface area contributed by atoms with Crippen LogP contribution in [0.25, 0.3) is 0 Å². The molecule has 2 fully saturated rings. The zero-order valence-corrected chi connectivity index (χ0v) is 14.7. The van der Waals surface area contributed by atoms with Crippen LogP contribution in [0.1, 0.15) is 26.7 Å². The smallest absolute Gasteiger partial charge is 0.216 e. The largest absolute Gasteiger partial charge is 0.381 e. The Morgan fingerprint density at radius 2 is 1.95 bits per heavy atom. The van der Waals surface area contributed by atoms with Crippen molar-refractivity contribution in [2.45, 2.75) is 32.8 Å². The van der Waals surface area contributed by atoms with Gasteiger partial charge in [-0.15, -0.1) is 0 Å². The highest BCUT2D eigenvalue weighted by Crippen LogP contribution is 2.17. The van der Waals surface area contributed by atoms with Crippen LogP contribution < -0.4 is 0 Å². The average Bonchev–Trinajstić information content (AvgIpc) is 2.48. The van der Waals surface area contributed by atoms with Crippen LogP contribution in [0.4, 0.5) is 0 Å². The van der Waals surface area contributed by atoms with Crippen molar-refractivity contribution in [3.05, 3.63) is 0 Å². The first-order chi connectivity index (χ1) is 10.5. The SMILES string of the molecule is CC(C)OCCS(=O)(=O)N1CCN(CC2CCCOC2)CC1. The number of piperazine rings is 1. The Kier molecular flexibility index (Phi) is 7.08. The molecule has 0 spiro atoms. The van der Waals surface area contributed by atoms with E-state index in [-0.39, 0.29) is 18.5 Å². The van der Waals surface area contributed by atoms with Gasteiger partial charge in [0.1, 0.15) is 0 Å². The quantitative estimate of drug-likeness (QED) is 0.689. The van der Waals surface area contributed by atoms with E-state index in [1.807, 2.05) is 13.8 Å². The molecule has 22 heavy (non-hydrogen) atoms. The minimum atomic E-state index is -3.18. The molecule has 0 N–H and O–H groups in total. The van der Waals surface area contributed by atoms with E-state index in [0.29, 0.717) is 19.0 Å². The van der Waals surface area contributed by atoms with E-state index >= 15 is 0 Å². The van der Waals surface area contributed by atoms with Gasteiger partial charge < -0.3 is 14.4 Å². The highest BCUT2D eigenvalue weighted by molar-refractivity contribution is 7.89. The van der Waals surface area contributed by atoms with Crippen LogP contribution in [-0.4, -0.2) is 82.0 Å². The highest BCUT2D eigenvalue weighted by Gasteiger charge is 2.28. The lowest BCUT2D eigenvalue weighted by atomic mass is 10.0. The third kappa shape index (κ3) is 5.77. The maximum Gasteiger partial charge on any atom is 0.216 e. The first-order valence-electron chi connectivity index (χ1n) is 8.37. The normalized spacial score (nSPS) is 25.7. The predicted molar refractivity (Wildman–Crippen MR) is 86.4 cm³/mol. The summed E-state index contributed by atoms with van der Waals surface area (Å²) in [7, 11) is -3.18. The van der Waals surface area contributed by atoms with Gasteiger partial charge in [0.2, 0.25) is 10.0 Å². The van der Waals surface area contributed by atoms with Crippen molar-refractivity contribution in [1.29, 1.82) is 0 Å². The molecule has 0 amide bonds. The molecule has 2 heterocycles. The molecular weight excluding hydrogens is 304 g/mol. The Hall–Kier alpha value is -0.210. The zero-order chi connectivity index (χ0) is 16.0. The topological polar surface area (TPSA) is 59.1 Å². The van der Waals surface area contributed by atoms with Crippen LogP contribution in [-0.2, 0) is 19.5 Å². The molecule has 1 atom stereocenters. The van der Waals surface area contributed by atoms with E-state index in [1.54, 1.807) is 4.31 Å². The Labute approximate surface area is 134 Å². The van der Waals surface area contributed by atoms with Gasteiger partial charge in [-0.05, 0) is 32.6 Å². The summed E-state index contributed by atoms with van der Waals surface area (Å²) in [4.78, 5) is 2.37. The Bertz CT molecular complexity index is 413. The minimum Gasteiger partial charge on any atom is -0.381 e. The summed E-state index contributed by atoms with van der Waals surface area (Å²) in [6.07, 6.45) is 2.45. The molecular formula is C15H30N2O4S. The molecule has 6 nitrogen and oxygen atoms in total. The summed E-state index contributed by atoms with van der Waals surface area (Å²) in [5, 5.41) is 0. The standard InChI is InChI=1S/C15H30N2O4S/c1-14(2)21-10-11-22(18,19)17-7-5-16(6-8-17)12-15-4-3-9-20-13-15/h14-15H,3-13H2,1-2H3. The fourth-order valence-electron chi connectivity index (χ4n) is 3.03. The second-order valence-corrected chi connectivity index (χ2v) is 8.61.